The molecule has 1 heterocycles. The van der Waals surface area contributed by atoms with Crippen LogP contribution in [-0.4, -0.2) is 7.05 Å². The molecule has 0 saturated carbocycles. The molecular formula is C18H18ClNS. The van der Waals surface area contributed by atoms with Gasteiger partial charge in [-0.15, -0.1) is 11.3 Å². The first-order valence-corrected chi connectivity index (χ1v) is 8.42. The Morgan fingerprint density at radius 3 is 2.57 bits per heavy atom. The summed E-state index contributed by atoms with van der Waals surface area (Å²) in [5.74, 6) is 0. The second-order valence-electron chi connectivity index (χ2n) is 5.07. The van der Waals surface area contributed by atoms with Crippen molar-refractivity contribution in [3.8, 4) is 0 Å². The first-order valence-electron chi connectivity index (χ1n) is 7.17. The minimum absolute atomic E-state index is 0.210. The normalized spacial score (nSPS) is 12.7. The van der Waals surface area contributed by atoms with Gasteiger partial charge >= 0.3 is 0 Å². The quantitative estimate of drug-likeness (QED) is 0.677. The van der Waals surface area contributed by atoms with Gasteiger partial charge in [-0.25, -0.2) is 0 Å². The predicted molar refractivity (Wildman–Crippen MR) is 93.6 cm³/mol. The molecule has 0 amide bonds. The number of halogens is 1. The Kier molecular flexibility index (Phi) is 4.29. The van der Waals surface area contributed by atoms with Gasteiger partial charge in [-0.05, 0) is 47.5 Å². The van der Waals surface area contributed by atoms with Gasteiger partial charge in [0.25, 0.3) is 0 Å². The molecule has 0 saturated heterocycles. The smallest absolute Gasteiger partial charge is 0.0677 e. The fourth-order valence-corrected chi connectivity index (χ4v) is 4.21. The molecule has 1 atom stereocenters. The van der Waals surface area contributed by atoms with E-state index in [0.717, 1.165) is 16.8 Å². The molecule has 1 N–H and O–H groups in total. The summed E-state index contributed by atoms with van der Waals surface area (Å²) < 4.78 is 0. The van der Waals surface area contributed by atoms with Crippen LogP contribution in [0.5, 0.6) is 0 Å². The molecule has 1 aromatic heterocycles. The molecule has 0 aliphatic heterocycles. The number of thiophene rings is 1. The van der Waals surface area contributed by atoms with E-state index in [0.29, 0.717) is 0 Å². The maximum absolute atomic E-state index is 6.34. The second kappa shape index (κ2) is 6.18. The molecule has 0 fully saturated rings. The van der Waals surface area contributed by atoms with E-state index in [1.54, 1.807) is 0 Å². The van der Waals surface area contributed by atoms with Crippen LogP contribution in [0.2, 0.25) is 5.02 Å². The lowest BCUT2D eigenvalue weighted by Gasteiger charge is -2.19. The van der Waals surface area contributed by atoms with E-state index < -0.39 is 0 Å². The van der Waals surface area contributed by atoms with Crippen molar-refractivity contribution >= 4 is 33.7 Å². The van der Waals surface area contributed by atoms with Crippen molar-refractivity contribution in [2.75, 3.05) is 7.05 Å². The molecule has 3 rings (SSSR count). The summed E-state index contributed by atoms with van der Waals surface area (Å²) in [4.78, 5) is 1.40. The number of hydrogen-bond acceptors (Lipinski definition) is 2. The van der Waals surface area contributed by atoms with Crippen molar-refractivity contribution in [2.24, 2.45) is 0 Å². The molecular weight excluding hydrogens is 298 g/mol. The van der Waals surface area contributed by atoms with Gasteiger partial charge in [0.1, 0.15) is 0 Å². The van der Waals surface area contributed by atoms with E-state index in [-0.39, 0.29) is 6.04 Å². The van der Waals surface area contributed by atoms with Gasteiger partial charge in [0.2, 0.25) is 0 Å². The van der Waals surface area contributed by atoms with Crippen LogP contribution >= 0.6 is 22.9 Å². The average molecular weight is 316 g/mol. The Balaban J connectivity index is 2.20. The number of nitrogens with one attached hydrogen (secondary N) is 1. The Bertz CT molecular complexity index is 763. The van der Waals surface area contributed by atoms with E-state index in [4.69, 9.17) is 11.6 Å². The molecule has 1 nitrogen and oxygen atoms in total. The number of rotatable bonds is 4. The summed E-state index contributed by atoms with van der Waals surface area (Å²) in [6.45, 7) is 2.21. The summed E-state index contributed by atoms with van der Waals surface area (Å²) in [5.41, 5.74) is 2.70. The lowest BCUT2D eigenvalue weighted by atomic mass is 9.96. The van der Waals surface area contributed by atoms with E-state index in [1.165, 1.54) is 21.4 Å². The van der Waals surface area contributed by atoms with Crippen molar-refractivity contribution in [3.63, 3.8) is 0 Å². The monoisotopic (exact) mass is 315 g/mol. The third-order valence-corrected chi connectivity index (χ3v) is 5.28. The standard InChI is InChI=1S/C18H18ClNS/c1-3-12-10-11-21-18(12)17(20-2)15-8-9-16(19)14-7-5-4-6-13(14)15/h4-11,17,20H,3H2,1-2H3. The lowest BCUT2D eigenvalue weighted by molar-refractivity contribution is 0.702. The van der Waals surface area contributed by atoms with Gasteiger partial charge in [0.15, 0.2) is 0 Å². The van der Waals surface area contributed by atoms with Crippen molar-refractivity contribution in [1.82, 2.24) is 5.32 Å². The molecule has 108 valence electrons. The van der Waals surface area contributed by atoms with Crippen LogP contribution in [0.3, 0.4) is 0 Å². The molecule has 0 aliphatic carbocycles. The topological polar surface area (TPSA) is 12.0 Å². The molecule has 1 unspecified atom stereocenters. The third-order valence-electron chi connectivity index (χ3n) is 3.93. The number of benzene rings is 2. The molecule has 0 spiro atoms. The Morgan fingerprint density at radius 1 is 1.10 bits per heavy atom. The van der Waals surface area contributed by atoms with Crippen molar-refractivity contribution in [2.45, 2.75) is 19.4 Å². The number of fused-ring (bicyclic) bond motifs is 1. The Hall–Kier alpha value is -1.35. The first-order chi connectivity index (χ1) is 10.3. The maximum atomic E-state index is 6.34. The highest BCUT2D eigenvalue weighted by Crippen LogP contribution is 2.36. The van der Waals surface area contributed by atoms with Gasteiger partial charge in [0.05, 0.1) is 6.04 Å². The first kappa shape index (κ1) is 14.6. The highest BCUT2D eigenvalue weighted by molar-refractivity contribution is 7.10. The Labute approximate surface area is 134 Å². The third kappa shape index (κ3) is 2.59. The summed E-state index contributed by atoms with van der Waals surface area (Å²) in [5, 5.41) is 8.80. The zero-order valence-corrected chi connectivity index (χ0v) is 13.8. The summed E-state index contributed by atoms with van der Waals surface area (Å²) in [7, 11) is 2.02. The highest BCUT2D eigenvalue weighted by Gasteiger charge is 2.19. The SMILES string of the molecule is CCc1ccsc1C(NC)c1ccc(Cl)c2ccccc12. The zero-order chi connectivity index (χ0) is 14.8. The van der Waals surface area contributed by atoms with Gasteiger partial charge in [-0.2, -0.15) is 0 Å². The minimum atomic E-state index is 0.210. The van der Waals surface area contributed by atoms with Gasteiger partial charge in [-0.3, -0.25) is 0 Å². The van der Waals surface area contributed by atoms with Crippen LogP contribution in [0.25, 0.3) is 10.8 Å². The predicted octanol–water partition coefficient (Wildman–Crippen LogP) is 5.43. The molecule has 21 heavy (non-hydrogen) atoms. The van der Waals surface area contributed by atoms with Crippen LogP contribution in [0.4, 0.5) is 0 Å². The number of aryl methyl sites for hydroxylation is 1. The van der Waals surface area contributed by atoms with Crippen LogP contribution in [0.15, 0.2) is 47.8 Å². The van der Waals surface area contributed by atoms with Crippen LogP contribution < -0.4 is 5.32 Å². The molecule has 0 aliphatic rings. The van der Waals surface area contributed by atoms with Crippen molar-refractivity contribution < 1.29 is 0 Å². The van der Waals surface area contributed by atoms with E-state index >= 15 is 0 Å². The van der Waals surface area contributed by atoms with E-state index in [2.05, 4.69) is 48.0 Å². The largest absolute Gasteiger partial charge is 0.309 e. The van der Waals surface area contributed by atoms with Gasteiger partial charge in [-0.1, -0.05) is 48.9 Å². The van der Waals surface area contributed by atoms with Crippen LogP contribution in [0.1, 0.15) is 29.0 Å². The van der Waals surface area contributed by atoms with Crippen molar-refractivity contribution in [1.29, 1.82) is 0 Å². The average Bonchev–Trinajstić information content (AvgIpc) is 2.99. The molecule has 2 aromatic carbocycles. The van der Waals surface area contributed by atoms with Crippen LogP contribution in [-0.2, 0) is 6.42 Å². The fraction of sp³-hybridized carbons (Fsp3) is 0.222. The Morgan fingerprint density at radius 2 is 1.86 bits per heavy atom. The highest BCUT2D eigenvalue weighted by atomic mass is 35.5. The lowest BCUT2D eigenvalue weighted by Crippen LogP contribution is -2.18. The summed E-state index contributed by atoms with van der Waals surface area (Å²) >= 11 is 8.16. The second-order valence-corrected chi connectivity index (χ2v) is 6.42. The summed E-state index contributed by atoms with van der Waals surface area (Å²) in [6.07, 6.45) is 1.06. The zero-order valence-electron chi connectivity index (χ0n) is 12.2. The van der Waals surface area contributed by atoms with E-state index in [1.807, 2.05) is 30.5 Å². The molecule has 3 heteroatoms. The molecule has 0 radical (unpaired) electrons. The van der Waals surface area contributed by atoms with Gasteiger partial charge in [0, 0.05) is 15.3 Å². The minimum Gasteiger partial charge on any atom is -0.309 e. The van der Waals surface area contributed by atoms with Gasteiger partial charge < -0.3 is 5.32 Å². The van der Waals surface area contributed by atoms with Crippen molar-refractivity contribution in [3.05, 3.63) is 68.9 Å². The fourth-order valence-electron chi connectivity index (χ4n) is 2.86. The number of hydrogen-bond donors (Lipinski definition) is 1. The molecule has 3 aromatic rings. The van der Waals surface area contributed by atoms with E-state index in [9.17, 15) is 0 Å². The van der Waals surface area contributed by atoms with Crippen LogP contribution in [0, 0.1) is 0 Å². The maximum Gasteiger partial charge on any atom is 0.0677 e. The summed E-state index contributed by atoms with van der Waals surface area (Å²) in [6, 6.07) is 14.9. The molecule has 0 bridgehead atoms.